The number of anilines is 2. The number of nitrogens with one attached hydrogen (secondary N) is 1. The van der Waals surface area contributed by atoms with Crippen LogP contribution in [0.4, 0.5) is 21.9 Å². The molecule has 2 aromatic carbocycles. The Bertz CT molecular complexity index is 908. The van der Waals surface area contributed by atoms with E-state index in [9.17, 15) is 14.4 Å². The number of rotatable bonds is 4. The van der Waals surface area contributed by atoms with Gasteiger partial charge in [-0.15, -0.1) is 0 Å². The summed E-state index contributed by atoms with van der Waals surface area (Å²) in [6, 6.07) is 12.7. The van der Waals surface area contributed by atoms with E-state index < -0.39 is 23.8 Å². The summed E-state index contributed by atoms with van der Waals surface area (Å²) in [5.74, 6) is -2.57. The van der Waals surface area contributed by atoms with E-state index in [2.05, 4.69) is 10.3 Å². The standard InChI is InChI=1S/C19H17ClN4O3/c1-23(2)14-9-5-13(6-10-14)21-11-16-17(25)22-19(27)24(18(16)26)15-7-3-12(20)4-8-15/h3-11,16H,1-2H3,(H,22,25,27)/t16-/m0/s1. The van der Waals surface area contributed by atoms with Crippen molar-refractivity contribution in [3.8, 4) is 0 Å². The maximum atomic E-state index is 12.7. The van der Waals surface area contributed by atoms with Crippen molar-refractivity contribution in [3.05, 3.63) is 53.6 Å². The zero-order valence-corrected chi connectivity index (χ0v) is 15.5. The van der Waals surface area contributed by atoms with Crippen LogP contribution in [0.1, 0.15) is 0 Å². The van der Waals surface area contributed by atoms with Crippen LogP contribution >= 0.6 is 11.6 Å². The van der Waals surface area contributed by atoms with Gasteiger partial charge in [-0.05, 0) is 48.5 Å². The number of barbiturate groups is 1. The van der Waals surface area contributed by atoms with Gasteiger partial charge in [-0.1, -0.05) is 11.6 Å². The van der Waals surface area contributed by atoms with Crippen LogP contribution in [-0.2, 0) is 9.59 Å². The summed E-state index contributed by atoms with van der Waals surface area (Å²) >= 11 is 5.84. The van der Waals surface area contributed by atoms with E-state index >= 15 is 0 Å². The van der Waals surface area contributed by atoms with Crippen LogP contribution in [0.5, 0.6) is 0 Å². The first-order valence-electron chi connectivity index (χ1n) is 8.13. The second-order valence-corrected chi connectivity index (χ2v) is 6.55. The molecule has 0 aliphatic carbocycles. The van der Waals surface area contributed by atoms with Gasteiger partial charge in [0.05, 0.1) is 11.4 Å². The van der Waals surface area contributed by atoms with Crippen LogP contribution in [0.15, 0.2) is 53.5 Å². The summed E-state index contributed by atoms with van der Waals surface area (Å²) in [5, 5.41) is 2.65. The van der Waals surface area contributed by atoms with Gasteiger partial charge in [-0.25, -0.2) is 9.69 Å². The van der Waals surface area contributed by atoms with Gasteiger partial charge in [0.2, 0.25) is 5.91 Å². The minimum atomic E-state index is -1.20. The zero-order valence-electron chi connectivity index (χ0n) is 14.7. The molecule has 138 valence electrons. The Kier molecular flexibility index (Phi) is 5.23. The van der Waals surface area contributed by atoms with E-state index in [1.165, 1.54) is 18.3 Å². The lowest BCUT2D eigenvalue weighted by molar-refractivity contribution is -0.131. The molecular formula is C19H17ClN4O3. The first-order chi connectivity index (χ1) is 12.9. The molecule has 0 bridgehead atoms. The molecule has 1 saturated heterocycles. The molecule has 1 aliphatic heterocycles. The highest BCUT2D eigenvalue weighted by molar-refractivity contribution is 6.33. The smallest absolute Gasteiger partial charge is 0.335 e. The van der Waals surface area contributed by atoms with Crippen molar-refractivity contribution in [2.45, 2.75) is 0 Å². The van der Waals surface area contributed by atoms with Gasteiger partial charge in [0.1, 0.15) is 0 Å². The Labute approximate surface area is 161 Å². The van der Waals surface area contributed by atoms with E-state index in [0.717, 1.165) is 10.6 Å². The van der Waals surface area contributed by atoms with Crippen molar-refractivity contribution in [1.82, 2.24) is 5.32 Å². The number of benzene rings is 2. The average molecular weight is 385 g/mol. The summed E-state index contributed by atoms with van der Waals surface area (Å²) < 4.78 is 0. The number of carbonyl (C=O) groups is 3. The zero-order chi connectivity index (χ0) is 19.6. The lowest BCUT2D eigenvalue weighted by Crippen LogP contribution is -2.58. The number of carbonyl (C=O) groups excluding carboxylic acids is 3. The number of aliphatic imine (C=N–C) groups is 1. The summed E-state index contributed by atoms with van der Waals surface area (Å²) in [4.78, 5) is 44.0. The Morgan fingerprint density at radius 3 is 2.26 bits per heavy atom. The van der Waals surface area contributed by atoms with Crippen molar-refractivity contribution in [1.29, 1.82) is 0 Å². The first-order valence-corrected chi connectivity index (χ1v) is 8.50. The van der Waals surface area contributed by atoms with Crippen molar-refractivity contribution in [3.63, 3.8) is 0 Å². The quantitative estimate of drug-likeness (QED) is 0.649. The SMILES string of the molecule is CN(C)c1ccc(N=C[C@H]2C(=O)NC(=O)N(c3ccc(Cl)cc3)C2=O)cc1. The summed E-state index contributed by atoms with van der Waals surface area (Å²) in [6.07, 6.45) is 1.25. The first kappa shape index (κ1) is 18.6. The van der Waals surface area contributed by atoms with Gasteiger partial charge in [0.25, 0.3) is 5.91 Å². The van der Waals surface area contributed by atoms with E-state index in [4.69, 9.17) is 11.6 Å². The van der Waals surface area contributed by atoms with Crippen LogP contribution in [-0.4, -0.2) is 38.2 Å². The maximum Gasteiger partial charge on any atom is 0.335 e. The lowest BCUT2D eigenvalue weighted by Gasteiger charge is -2.28. The molecule has 8 heteroatoms. The molecule has 7 nitrogen and oxygen atoms in total. The molecule has 1 N–H and O–H groups in total. The number of nitrogens with zero attached hydrogens (tertiary/aromatic N) is 3. The third kappa shape index (κ3) is 3.98. The van der Waals surface area contributed by atoms with E-state index in [1.807, 2.05) is 31.1 Å². The van der Waals surface area contributed by atoms with Crippen molar-refractivity contribution in [2.75, 3.05) is 23.9 Å². The average Bonchev–Trinajstić information content (AvgIpc) is 2.63. The molecule has 0 aromatic heterocycles. The third-order valence-electron chi connectivity index (χ3n) is 4.03. The maximum absolute atomic E-state index is 12.7. The number of amides is 4. The van der Waals surface area contributed by atoms with Gasteiger partial charge in [0, 0.05) is 31.0 Å². The molecule has 2 aromatic rings. The van der Waals surface area contributed by atoms with Crippen LogP contribution in [0.25, 0.3) is 0 Å². The number of hydrogen-bond donors (Lipinski definition) is 1. The number of urea groups is 1. The monoisotopic (exact) mass is 384 g/mol. The molecular weight excluding hydrogens is 368 g/mol. The van der Waals surface area contributed by atoms with Crippen molar-refractivity contribution >= 4 is 52.7 Å². The van der Waals surface area contributed by atoms with E-state index in [0.29, 0.717) is 16.4 Å². The molecule has 1 heterocycles. The summed E-state index contributed by atoms with van der Waals surface area (Å²) in [7, 11) is 3.84. The van der Waals surface area contributed by atoms with Crippen LogP contribution < -0.4 is 15.1 Å². The largest absolute Gasteiger partial charge is 0.378 e. The molecule has 1 fully saturated rings. The lowest BCUT2D eigenvalue weighted by atomic mass is 10.1. The molecule has 0 saturated carbocycles. The highest BCUT2D eigenvalue weighted by atomic mass is 35.5. The minimum Gasteiger partial charge on any atom is -0.378 e. The third-order valence-corrected chi connectivity index (χ3v) is 4.28. The molecule has 3 rings (SSSR count). The fourth-order valence-corrected chi connectivity index (χ4v) is 2.68. The van der Waals surface area contributed by atoms with Gasteiger partial charge >= 0.3 is 6.03 Å². The second kappa shape index (κ2) is 7.59. The fourth-order valence-electron chi connectivity index (χ4n) is 2.55. The Morgan fingerprint density at radius 1 is 1.04 bits per heavy atom. The molecule has 0 unspecified atom stereocenters. The van der Waals surface area contributed by atoms with E-state index in [-0.39, 0.29) is 0 Å². The normalized spacial score (nSPS) is 17.4. The minimum absolute atomic E-state index is 0.322. The Hall–Kier alpha value is -3.19. The number of imide groups is 2. The van der Waals surface area contributed by atoms with Crippen molar-refractivity contribution in [2.24, 2.45) is 10.9 Å². The Balaban J connectivity index is 1.83. The van der Waals surface area contributed by atoms with Crippen molar-refractivity contribution < 1.29 is 14.4 Å². The van der Waals surface area contributed by atoms with Gasteiger partial charge < -0.3 is 4.90 Å². The molecule has 0 radical (unpaired) electrons. The van der Waals surface area contributed by atoms with Crippen LogP contribution in [0, 0.1) is 5.92 Å². The molecule has 4 amide bonds. The van der Waals surface area contributed by atoms with Gasteiger partial charge in [-0.2, -0.15) is 0 Å². The highest BCUT2D eigenvalue weighted by Crippen LogP contribution is 2.23. The second-order valence-electron chi connectivity index (χ2n) is 6.11. The number of halogens is 1. The van der Waals surface area contributed by atoms with Gasteiger partial charge in [-0.3, -0.25) is 19.9 Å². The predicted molar refractivity (Wildman–Crippen MR) is 105 cm³/mol. The number of hydrogen-bond acceptors (Lipinski definition) is 5. The summed E-state index contributed by atoms with van der Waals surface area (Å²) in [5.41, 5.74) is 1.92. The fraction of sp³-hybridized carbons (Fsp3) is 0.158. The molecule has 0 spiro atoms. The molecule has 27 heavy (non-hydrogen) atoms. The summed E-state index contributed by atoms with van der Waals surface area (Å²) in [6.45, 7) is 0. The van der Waals surface area contributed by atoms with Crippen LogP contribution in [0.3, 0.4) is 0 Å². The highest BCUT2D eigenvalue weighted by Gasteiger charge is 2.40. The van der Waals surface area contributed by atoms with E-state index in [1.54, 1.807) is 24.3 Å². The molecule has 1 atom stereocenters. The molecule has 1 aliphatic rings. The Morgan fingerprint density at radius 2 is 1.67 bits per heavy atom. The van der Waals surface area contributed by atoms with Gasteiger partial charge in [0.15, 0.2) is 5.92 Å². The van der Waals surface area contributed by atoms with Crippen LogP contribution in [0.2, 0.25) is 5.02 Å². The predicted octanol–water partition coefficient (Wildman–Crippen LogP) is 3.01. The topological polar surface area (TPSA) is 82.1 Å².